The Balaban J connectivity index is 1.77. The van der Waals surface area contributed by atoms with E-state index in [4.69, 9.17) is 0 Å². The fourth-order valence-electron chi connectivity index (χ4n) is 4.19. The Morgan fingerprint density at radius 1 is 1.25 bits per heavy atom. The van der Waals surface area contributed by atoms with Gasteiger partial charge in [0.1, 0.15) is 0 Å². The predicted octanol–water partition coefficient (Wildman–Crippen LogP) is 1.93. The number of carbonyl (C=O) groups excluding carboxylic acids is 1. The molecule has 1 aromatic rings. The summed E-state index contributed by atoms with van der Waals surface area (Å²) in [6.07, 6.45) is 2.58. The molecule has 4 heterocycles. The second-order valence-electron chi connectivity index (χ2n) is 6.26. The number of fused-ring (bicyclic) bond motifs is 3. The first-order valence-electron chi connectivity index (χ1n) is 7.62. The van der Waals surface area contributed by atoms with Crippen molar-refractivity contribution in [1.82, 2.24) is 4.90 Å². The topological polar surface area (TPSA) is 35.6 Å². The first-order chi connectivity index (χ1) is 9.74. The number of anilines is 2. The van der Waals surface area contributed by atoms with Crippen LogP contribution in [0.2, 0.25) is 0 Å². The van der Waals surface area contributed by atoms with E-state index < -0.39 is 0 Å². The molecule has 20 heavy (non-hydrogen) atoms. The fraction of sp³-hybridized carbons (Fsp3) is 0.562. The van der Waals surface area contributed by atoms with Crippen molar-refractivity contribution in [1.29, 1.82) is 0 Å². The first-order valence-corrected chi connectivity index (χ1v) is 7.62. The highest BCUT2D eigenvalue weighted by atomic mass is 16.2. The van der Waals surface area contributed by atoms with Crippen LogP contribution in [0.25, 0.3) is 0 Å². The summed E-state index contributed by atoms with van der Waals surface area (Å²) in [5, 5.41) is 3.74. The van der Waals surface area contributed by atoms with Crippen LogP contribution in [-0.4, -0.2) is 42.5 Å². The molecule has 1 N–H and O–H groups in total. The van der Waals surface area contributed by atoms with Gasteiger partial charge in [-0.25, -0.2) is 0 Å². The van der Waals surface area contributed by atoms with Crippen LogP contribution in [-0.2, 0) is 4.79 Å². The second kappa shape index (κ2) is 4.48. The Morgan fingerprint density at radius 3 is 2.75 bits per heavy atom. The third-order valence-electron chi connectivity index (χ3n) is 5.23. The van der Waals surface area contributed by atoms with Crippen molar-refractivity contribution in [3.63, 3.8) is 0 Å². The quantitative estimate of drug-likeness (QED) is 0.783. The SMILES string of the molecule is CC(=O)N1CC2C(Nc3ccccc31)C1CCN2CC1. The number of nitrogens with one attached hydrogen (secondary N) is 1. The van der Waals surface area contributed by atoms with Crippen molar-refractivity contribution in [3.8, 4) is 0 Å². The van der Waals surface area contributed by atoms with Crippen LogP contribution in [0.3, 0.4) is 0 Å². The number of amides is 1. The average molecular weight is 271 g/mol. The van der Waals surface area contributed by atoms with Crippen LogP contribution in [0.15, 0.2) is 24.3 Å². The molecule has 4 aliphatic heterocycles. The summed E-state index contributed by atoms with van der Waals surface area (Å²) in [5.74, 6) is 0.896. The van der Waals surface area contributed by atoms with Crippen LogP contribution < -0.4 is 10.2 Å². The van der Waals surface area contributed by atoms with E-state index in [1.54, 1.807) is 6.92 Å². The van der Waals surface area contributed by atoms with E-state index in [1.807, 2.05) is 17.0 Å². The van der Waals surface area contributed by atoms with Crippen molar-refractivity contribution in [2.45, 2.75) is 31.8 Å². The molecule has 4 nitrogen and oxygen atoms in total. The molecule has 0 saturated carbocycles. The molecule has 3 saturated heterocycles. The Kier molecular flexibility index (Phi) is 2.74. The van der Waals surface area contributed by atoms with E-state index in [0.717, 1.165) is 23.8 Å². The van der Waals surface area contributed by atoms with Gasteiger partial charge in [-0.05, 0) is 44.0 Å². The Hall–Kier alpha value is -1.55. The molecule has 4 heteroatoms. The Labute approximate surface area is 119 Å². The molecule has 4 aliphatic rings. The average Bonchev–Trinajstić information content (AvgIpc) is 2.66. The smallest absolute Gasteiger partial charge is 0.223 e. The number of hydrogen-bond donors (Lipinski definition) is 1. The van der Waals surface area contributed by atoms with Crippen LogP contribution in [0.5, 0.6) is 0 Å². The van der Waals surface area contributed by atoms with Gasteiger partial charge in [-0.2, -0.15) is 0 Å². The number of para-hydroxylation sites is 2. The molecule has 1 aromatic carbocycles. The molecule has 106 valence electrons. The molecule has 1 amide bonds. The number of carbonyl (C=O) groups is 1. The molecule has 0 radical (unpaired) electrons. The van der Waals surface area contributed by atoms with Gasteiger partial charge in [-0.3, -0.25) is 9.69 Å². The summed E-state index contributed by atoms with van der Waals surface area (Å²) in [5.41, 5.74) is 2.15. The van der Waals surface area contributed by atoms with Gasteiger partial charge < -0.3 is 10.2 Å². The number of nitrogens with zero attached hydrogens (tertiary/aromatic N) is 2. The molecule has 2 bridgehead atoms. The van der Waals surface area contributed by atoms with Gasteiger partial charge in [-0.1, -0.05) is 12.1 Å². The van der Waals surface area contributed by atoms with E-state index in [-0.39, 0.29) is 5.91 Å². The van der Waals surface area contributed by atoms with Gasteiger partial charge in [0.15, 0.2) is 0 Å². The summed E-state index contributed by atoms with van der Waals surface area (Å²) in [4.78, 5) is 16.6. The molecule has 0 spiro atoms. The minimum absolute atomic E-state index is 0.141. The largest absolute Gasteiger partial charge is 0.379 e. The lowest BCUT2D eigenvalue weighted by molar-refractivity contribution is -0.116. The summed E-state index contributed by atoms with van der Waals surface area (Å²) in [7, 11) is 0. The Bertz CT molecular complexity index is 536. The van der Waals surface area contributed by atoms with Gasteiger partial charge in [0.2, 0.25) is 5.91 Å². The van der Waals surface area contributed by atoms with Gasteiger partial charge in [0.25, 0.3) is 0 Å². The number of piperidine rings is 3. The van der Waals surface area contributed by atoms with Crippen molar-refractivity contribution in [3.05, 3.63) is 24.3 Å². The minimum atomic E-state index is 0.141. The summed E-state index contributed by atoms with van der Waals surface area (Å²) < 4.78 is 0. The number of rotatable bonds is 0. The highest BCUT2D eigenvalue weighted by Crippen LogP contribution is 2.39. The van der Waals surface area contributed by atoms with Crippen molar-refractivity contribution < 1.29 is 4.79 Å². The summed E-state index contributed by atoms with van der Waals surface area (Å²) in [6.45, 7) is 4.87. The van der Waals surface area contributed by atoms with Gasteiger partial charge >= 0.3 is 0 Å². The van der Waals surface area contributed by atoms with Gasteiger partial charge in [0, 0.05) is 25.6 Å². The minimum Gasteiger partial charge on any atom is -0.379 e. The van der Waals surface area contributed by atoms with Crippen molar-refractivity contribution >= 4 is 17.3 Å². The summed E-state index contributed by atoms with van der Waals surface area (Å²) in [6, 6.07) is 9.16. The van der Waals surface area contributed by atoms with Crippen LogP contribution in [0, 0.1) is 5.92 Å². The van der Waals surface area contributed by atoms with Crippen LogP contribution in [0.4, 0.5) is 11.4 Å². The maximum Gasteiger partial charge on any atom is 0.223 e. The van der Waals surface area contributed by atoms with E-state index >= 15 is 0 Å². The highest BCUT2D eigenvalue weighted by Gasteiger charge is 2.44. The van der Waals surface area contributed by atoms with Gasteiger partial charge in [-0.15, -0.1) is 0 Å². The van der Waals surface area contributed by atoms with E-state index in [2.05, 4.69) is 22.3 Å². The maximum atomic E-state index is 12.1. The number of hydrogen-bond acceptors (Lipinski definition) is 3. The molecule has 5 rings (SSSR count). The lowest BCUT2D eigenvalue weighted by Gasteiger charge is -2.51. The zero-order valence-electron chi connectivity index (χ0n) is 11.9. The van der Waals surface area contributed by atoms with E-state index in [1.165, 1.54) is 25.9 Å². The normalized spacial score (nSPS) is 34.8. The van der Waals surface area contributed by atoms with E-state index in [0.29, 0.717) is 12.1 Å². The van der Waals surface area contributed by atoms with Crippen molar-refractivity contribution in [2.24, 2.45) is 5.92 Å². The molecular formula is C16H21N3O. The maximum absolute atomic E-state index is 12.1. The van der Waals surface area contributed by atoms with Gasteiger partial charge in [0.05, 0.1) is 11.4 Å². The molecular weight excluding hydrogens is 250 g/mol. The lowest BCUT2D eigenvalue weighted by Crippen LogP contribution is -2.63. The second-order valence-corrected chi connectivity index (χ2v) is 6.26. The van der Waals surface area contributed by atoms with Crippen molar-refractivity contribution in [2.75, 3.05) is 29.9 Å². The molecule has 0 aromatic heterocycles. The molecule has 2 atom stereocenters. The van der Waals surface area contributed by atoms with Crippen LogP contribution >= 0.6 is 0 Å². The van der Waals surface area contributed by atoms with Crippen LogP contribution in [0.1, 0.15) is 19.8 Å². The highest BCUT2D eigenvalue weighted by molar-refractivity contribution is 5.95. The third-order valence-corrected chi connectivity index (χ3v) is 5.23. The first kappa shape index (κ1) is 12.2. The lowest BCUT2D eigenvalue weighted by atomic mass is 9.78. The van der Waals surface area contributed by atoms with E-state index in [9.17, 15) is 4.79 Å². The molecule has 3 fully saturated rings. The third kappa shape index (κ3) is 1.74. The zero-order chi connectivity index (χ0) is 13.7. The standard InChI is InChI=1S/C16H21N3O/c1-11(20)19-10-15-16(12-6-8-18(15)9-7-12)17-13-4-2-3-5-14(13)19/h2-5,12,15-17H,6-10H2,1H3. The fourth-order valence-corrected chi connectivity index (χ4v) is 4.19. The molecule has 2 unspecified atom stereocenters. The Morgan fingerprint density at radius 2 is 2.00 bits per heavy atom. The summed E-state index contributed by atoms with van der Waals surface area (Å²) >= 11 is 0. The predicted molar refractivity (Wildman–Crippen MR) is 80.0 cm³/mol. The number of benzene rings is 1. The zero-order valence-corrected chi connectivity index (χ0v) is 11.9. The monoisotopic (exact) mass is 271 g/mol. The molecule has 0 aliphatic carbocycles.